The topological polar surface area (TPSA) is 132 Å². The Morgan fingerprint density at radius 2 is 1.04 bits per heavy atom. The normalized spacial score (nSPS) is 14.5. The lowest BCUT2D eigenvalue weighted by Gasteiger charge is -2.46. The van der Waals surface area contributed by atoms with Crippen LogP contribution in [0, 0.1) is 5.92 Å². The number of carbonyl (C=O) groups is 4. The largest absolute Gasteiger partial charge is 0.461 e. The average Bonchev–Trinajstić information content (AvgIpc) is 3.68. The Morgan fingerprint density at radius 1 is 0.589 bits per heavy atom. The summed E-state index contributed by atoms with van der Waals surface area (Å²) in [4.78, 5) is 57.1. The van der Waals surface area contributed by atoms with Crippen LogP contribution in [0.2, 0.25) is 16.6 Å². The molecule has 0 aliphatic heterocycles. The number of hydrogen-bond donors (Lipinski definition) is 3. The van der Waals surface area contributed by atoms with E-state index in [1.807, 2.05) is 105 Å². The van der Waals surface area contributed by atoms with Gasteiger partial charge in [-0.2, -0.15) is 0 Å². The maximum absolute atomic E-state index is 15.4. The molecule has 6 rings (SSSR count). The van der Waals surface area contributed by atoms with Crippen molar-refractivity contribution >= 4 is 78.8 Å². The van der Waals surface area contributed by atoms with Gasteiger partial charge in [0.1, 0.15) is 25.3 Å². The van der Waals surface area contributed by atoms with E-state index in [9.17, 15) is 14.4 Å². The number of carbonyl (C=O) groups excluding carboxylic acids is 4. The third kappa shape index (κ3) is 13.9. The molecule has 5 aromatic rings. The van der Waals surface area contributed by atoms with Gasteiger partial charge in [0.25, 0.3) is 0 Å². The highest BCUT2D eigenvalue weighted by atomic mass is 35.6. The van der Waals surface area contributed by atoms with Gasteiger partial charge >= 0.3 is 12.1 Å². The Hall–Kier alpha value is -4.82. The Morgan fingerprint density at radius 3 is 1.48 bits per heavy atom. The van der Waals surface area contributed by atoms with Crippen molar-refractivity contribution in [2.75, 3.05) is 19.0 Å². The molecule has 4 atom stereocenters. The minimum atomic E-state index is -2.73. The van der Waals surface area contributed by atoms with E-state index in [0.717, 1.165) is 38.9 Å². The molecular weight excluding hydrogens is 1020 g/mol. The number of fused-ring (bicyclic) bond motifs is 3. The number of nitrogens with one attached hydrogen (secondary N) is 3. The number of hydrogen-bond acceptors (Lipinski definition) is 8. The zero-order chi connectivity index (χ0) is 53.1. The smallest absolute Gasteiger partial charge is 0.407 e. The lowest BCUT2D eigenvalue weighted by Crippen LogP contribution is -2.60. The molecule has 1 aliphatic rings. The van der Waals surface area contributed by atoms with Gasteiger partial charge < -0.3 is 29.9 Å². The molecule has 0 unspecified atom stereocenters. The molecule has 3 N–H and O–H groups in total. The van der Waals surface area contributed by atoms with Crippen molar-refractivity contribution in [3.05, 3.63) is 167 Å². The molecule has 0 bridgehead atoms. The van der Waals surface area contributed by atoms with Crippen LogP contribution in [0.15, 0.2) is 140 Å². The van der Waals surface area contributed by atoms with Crippen molar-refractivity contribution in [3.8, 4) is 11.1 Å². The molecule has 1 aliphatic carbocycles. The fourth-order valence-electron chi connectivity index (χ4n) is 10.6. The first kappa shape index (κ1) is 57.5. The van der Waals surface area contributed by atoms with E-state index in [4.69, 9.17) is 48.7 Å². The maximum Gasteiger partial charge on any atom is 0.407 e. The summed E-state index contributed by atoms with van der Waals surface area (Å²) in [7, 11) is -2.73. The van der Waals surface area contributed by atoms with Gasteiger partial charge in [-0.1, -0.05) is 230 Å². The van der Waals surface area contributed by atoms with Crippen LogP contribution in [0.1, 0.15) is 102 Å². The van der Waals surface area contributed by atoms with E-state index in [1.165, 1.54) is 11.8 Å². The van der Waals surface area contributed by atoms with Crippen molar-refractivity contribution in [2.45, 2.75) is 124 Å². The highest BCUT2D eigenvalue weighted by Crippen LogP contribution is 2.49. The van der Waals surface area contributed by atoms with Gasteiger partial charge in [-0.25, -0.2) is 4.79 Å². The zero-order valence-corrected chi connectivity index (χ0v) is 47.3. The second-order valence-electron chi connectivity index (χ2n) is 20.1. The highest BCUT2D eigenvalue weighted by Gasteiger charge is 2.49. The minimum absolute atomic E-state index is 0.0584. The first-order valence-electron chi connectivity index (χ1n) is 25.1. The molecule has 0 heterocycles. The minimum Gasteiger partial charge on any atom is -0.461 e. The number of halogens is 3. The van der Waals surface area contributed by atoms with Gasteiger partial charge in [0.15, 0.2) is 0 Å². The predicted octanol–water partition coefficient (Wildman–Crippen LogP) is 13.1. The number of thioether (sulfide) groups is 1. The number of benzene rings is 5. The molecule has 0 radical (unpaired) electrons. The molecule has 5 aromatic carbocycles. The third-order valence-corrected chi connectivity index (χ3v) is 22.1. The first-order valence-corrected chi connectivity index (χ1v) is 29.4. The molecule has 73 heavy (non-hydrogen) atoms. The molecule has 0 saturated heterocycles. The lowest BCUT2D eigenvalue weighted by atomic mass is 9.84. The van der Waals surface area contributed by atoms with E-state index in [1.54, 1.807) is 6.92 Å². The summed E-state index contributed by atoms with van der Waals surface area (Å²) in [5.74, 6) is -2.15. The van der Waals surface area contributed by atoms with Gasteiger partial charge in [-0.15, -0.1) is 11.8 Å². The Bertz CT molecular complexity index is 2460. The monoisotopic (exact) mass is 1090 g/mol. The van der Waals surface area contributed by atoms with Crippen LogP contribution in [0.5, 0.6) is 0 Å². The first-order chi connectivity index (χ1) is 34.7. The standard InChI is InChI=1S/C58H70Cl3N3O7SSi/c1-37(2)53(51(33-52(65)70-36-57(59,60)61)71-73(38(3)4,39(5)6)40(7)8)64-55(67)50(35-72-58(42-23-13-10-14-24-42,43-25-15-11-16-26-43)44-27-17-12-18-28-44)63-54(66)41(9)62-56(68)69-34-49-47-31-21-19-29-45(47)46-30-20-22-32-48(46)49/h10-32,37-41,49-51,53H,33-36H2,1-9H3,(H,62,68)(H,63,66)(H,64,67)/t41-,50-,51+,53-/m1/s1. The van der Waals surface area contributed by atoms with Gasteiger partial charge in [0, 0.05) is 11.7 Å². The molecule has 3 amide bonds. The van der Waals surface area contributed by atoms with Gasteiger partial charge in [-0.3, -0.25) is 14.4 Å². The number of alkyl halides is 3. The van der Waals surface area contributed by atoms with E-state index in [0.29, 0.717) is 0 Å². The average molecular weight is 1090 g/mol. The van der Waals surface area contributed by atoms with Gasteiger partial charge in [-0.05, 0) is 68.4 Å². The summed E-state index contributed by atoms with van der Waals surface area (Å²) in [6, 6.07) is 43.3. The van der Waals surface area contributed by atoms with Gasteiger partial charge in [0.2, 0.25) is 23.9 Å². The molecule has 10 nitrogen and oxygen atoms in total. The van der Waals surface area contributed by atoms with Crippen LogP contribution in [-0.4, -0.2) is 79.2 Å². The SMILES string of the molecule is CC(C)[C@@H](NC(=O)[C@@H](CSC(c1ccccc1)(c1ccccc1)c1ccccc1)NC(=O)[C@@H](C)NC(=O)OCC1c2ccccc2-c2ccccc21)[C@H](CC(=O)OCC(Cl)(Cl)Cl)O[Si](C(C)C)(C(C)C)C(C)C. The number of esters is 1. The van der Waals surface area contributed by atoms with Crippen molar-refractivity contribution in [3.63, 3.8) is 0 Å². The van der Waals surface area contributed by atoms with Crippen LogP contribution in [0.4, 0.5) is 4.79 Å². The number of amides is 3. The van der Waals surface area contributed by atoms with Crippen LogP contribution >= 0.6 is 46.6 Å². The summed E-state index contributed by atoms with van der Waals surface area (Å²) in [6.45, 7) is 17.9. The van der Waals surface area contributed by atoms with Crippen molar-refractivity contribution in [1.82, 2.24) is 16.0 Å². The summed E-state index contributed by atoms with van der Waals surface area (Å²) in [5.41, 5.74) is 7.60. The molecular formula is C58H70Cl3N3O7SSi. The van der Waals surface area contributed by atoms with E-state index >= 15 is 4.79 Å². The lowest BCUT2D eigenvalue weighted by molar-refractivity contribution is -0.146. The molecule has 0 saturated carbocycles. The van der Waals surface area contributed by atoms with E-state index < -0.39 is 71.6 Å². The summed E-state index contributed by atoms with van der Waals surface area (Å²) in [5, 5.41) is 9.02. The fraction of sp³-hybridized carbons (Fsp3) is 0.414. The quantitative estimate of drug-likeness (QED) is 0.0255. The highest BCUT2D eigenvalue weighted by molar-refractivity contribution is 8.00. The Labute approximate surface area is 452 Å². The summed E-state index contributed by atoms with van der Waals surface area (Å²) >= 11 is 19.5. The maximum atomic E-state index is 15.4. The number of rotatable bonds is 23. The number of alkyl carbamates (subject to hydrolysis) is 1. The van der Waals surface area contributed by atoms with Gasteiger partial charge in [0.05, 0.1) is 23.3 Å². The second kappa shape index (κ2) is 25.6. The number of ether oxygens (including phenoxy) is 2. The van der Waals surface area contributed by atoms with Crippen molar-refractivity contribution in [1.29, 1.82) is 0 Å². The van der Waals surface area contributed by atoms with Crippen molar-refractivity contribution in [2.24, 2.45) is 5.92 Å². The molecule has 0 fully saturated rings. The molecule has 0 aromatic heterocycles. The Kier molecular flexibility index (Phi) is 20.2. The van der Waals surface area contributed by atoms with Crippen LogP contribution in [0.3, 0.4) is 0 Å². The second-order valence-corrected chi connectivity index (χ2v) is 29.2. The van der Waals surface area contributed by atoms with E-state index in [-0.39, 0.29) is 47.2 Å². The molecule has 0 spiro atoms. The molecule has 390 valence electrons. The van der Waals surface area contributed by atoms with E-state index in [2.05, 4.69) is 106 Å². The summed E-state index contributed by atoms with van der Waals surface area (Å²) in [6.07, 6.45) is -1.87. The third-order valence-electron chi connectivity index (χ3n) is 14.0. The van der Waals surface area contributed by atoms with Crippen molar-refractivity contribution < 1.29 is 33.1 Å². The van der Waals surface area contributed by atoms with Crippen LogP contribution in [-0.2, 0) is 33.0 Å². The van der Waals surface area contributed by atoms with Crippen LogP contribution in [0.25, 0.3) is 11.1 Å². The van der Waals surface area contributed by atoms with Crippen LogP contribution < -0.4 is 16.0 Å². The predicted molar refractivity (Wildman–Crippen MR) is 300 cm³/mol. The summed E-state index contributed by atoms with van der Waals surface area (Å²) < 4.78 is 16.0. The zero-order valence-electron chi connectivity index (χ0n) is 43.2. The fourth-order valence-corrected chi connectivity index (χ4v) is 17.9. The Balaban J connectivity index is 1.34. The molecule has 15 heteroatoms.